The van der Waals surface area contributed by atoms with Gasteiger partial charge in [0.1, 0.15) is 4.88 Å². The number of fused-ring (bicyclic) bond motifs is 1. The summed E-state index contributed by atoms with van der Waals surface area (Å²) in [6, 6.07) is 5.99. The topological polar surface area (TPSA) is 60.5 Å². The van der Waals surface area contributed by atoms with Crippen LogP contribution >= 0.6 is 11.3 Å². The Bertz CT molecular complexity index is 794. The number of amides is 1. The van der Waals surface area contributed by atoms with Crippen molar-refractivity contribution in [2.45, 2.75) is 45.1 Å². The molecule has 1 saturated carbocycles. The molecule has 2 heterocycles. The van der Waals surface area contributed by atoms with E-state index >= 15 is 0 Å². The number of carbonyl (C=O) groups excluding carboxylic acids is 1. The second kappa shape index (κ2) is 5.77. The fourth-order valence-corrected chi connectivity index (χ4v) is 4.49. The normalized spacial score (nSPS) is 17.9. The molecular weight excluding hydrogens is 324 g/mol. The maximum atomic E-state index is 12.9. The van der Waals surface area contributed by atoms with Gasteiger partial charge in [0.05, 0.1) is 16.2 Å². The van der Waals surface area contributed by atoms with Gasteiger partial charge in [-0.25, -0.2) is 4.98 Å². The monoisotopic (exact) mass is 344 g/mol. The molecule has 1 aromatic carbocycles. The number of ether oxygens (including phenoxy) is 2. The minimum absolute atomic E-state index is 0.0299. The molecule has 0 bridgehead atoms. The number of thiazole rings is 1. The van der Waals surface area contributed by atoms with Gasteiger partial charge in [-0.3, -0.25) is 4.79 Å². The van der Waals surface area contributed by atoms with Crippen LogP contribution in [0.1, 0.15) is 51.6 Å². The highest BCUT2D eigenvalue weighted by Gasteiger charge is 2.38. The van der Waals surface area contributed by atoms with Crippen LogP contribution in [-0.4, -0.2) is 17.7 Å². The first-order valence-corrected chi connectivity index (χ1v) is 9.06. The van der Waals surface area contributed by atoms with E-state index in [-0.39, 0.29) is 18.2 Å². The van der Waals surface area contributed by atoms with Crippen molar-refractivity contribution in [2.24, 2.45) is 0 Å². The lowest BCUT2D eigenvalue weighted by molar-refractivity contribution is 0.0901. The zero-order valence-electron chi connectivity index (χ0n) is 13.8. The van der Waals surface area contributed by atoms with Gasteiger partial charge in [-0.15, -0.1) is 11.3 Å². The fraction of sp³-hybridized carbons (Fsp3) is 0.444. The fourth-order valence-electron chi connectivity index (χ4n) is 3.67. The van der Waals surface area contributed by atoms with Gasteiger partial charge in [-0.05, 0) is 44.4 Å². The van der Waals surface area contributed by atoms with Crippen molar-refractivity contribution < 1.29 is 14.3 Å². The van der Waals surface area contributed by atoms with Crippen LogP contribution in [0, 0.1) is 13.8 Å². The lowest BCUT2D eigenvalue weighted by atomic mass is 9.87. The quantitative estimate of drug-likeness (QED) is 0.922. The van der Waals surface area contributed by atoms with E-state index in [1.165, 1.54) is 11.3 Å². The molecule has 1 aliphatic carbocycles. The van der Waals surface area contributed by atoms with Crippen LogP contribution in [0.4, 0.5) is 0 Å². The van der Waals surface area contributed by atoms with Crippen LogP contribution in [0.3, 0.4) is 0 Å². The van der Waals surface area contributed by atoms with Crippen LogP contribution in [0.25, 0.3) is 0 Å². The molecule has 2 aromatic rings. The van der Waals surface area contributed by atoms with Gasteiger partial charge < -0.3 is 14.8 Å². The molecule has 1 aliphatic heterocycles. The Kier molecular flexibility index (Phi) is 3.72. The van der Waals surface area contributed by atoms with Crippen molar-refractivity contribution in [3.63, 3.8) is 0 Å². The first kappa shape index (κ1) is 15.4. The van der Waals surface area contributed by atoms with E-state index in [1.807, 2.05) is 32.0 Å². The van der Waals surface area contributed by atoms with Crippen molar-refractivity contribution in [3.05, 3.63) is 39.3 Å². The van der Waals surface area contributed by atoms with Crippen LogP contribution in [0.15, 0.2) is 18.2 Å². The number of aromatic nitrogens is 1. The molecular formula is C18H20N2O3S. The predicted molar refractivity (Wildman–Crippen MR) is 91.8 cm³/mol. The lowest BCUT2D eigenvalue weighted by Crippen LogP contribution is -2.43. The van der Waals surface area contributed by atoms with Gasteiger partial charge in [-0.1, -0.05) is 18.9 Å². The molecule has 4 rings (SSSR count). The van der Waals surface area contributed by atoms with Gasteiger partial charge in [-0.2, -0.15) is 0 Å². The van der Waals surface area contributed by atoms with E-state index in [1.54, 1.807) is 0 Å². The molecule has 0 spiro atoms. The summed E-state index contributed by atoms with van der Waals surface area (Å²) in [6.45, 7) is 4.08. The third-order valence-corrected chi connectivity index (χ3v) is 5.92. The van der Waals surface area contributed by atoms with Gasteiger partial charge in [0.2, 0.25) is 6.79 Å². The van der Waals surface area contributed by atoms with Crippen molar-refractivity contribution in [1.82, 2.24) is 10.3 Å². The van der Waals surface area contributed by atoms with Gasteiger partial charge in [0.15, 0.2) is 11.5 Å². The number of benzene rings is 1. The first-order valence-electron chi connectivity index (χ1n) is 8.24. The molecule has 1 N–H and O–H groups in total. The van der Waals surface area contributed by atoms with E-state index in [4.69, 9.17) is 9.47 Å². The summed E-state index contributed by atoms with van der Waals surface area (Å²) in [6.07, 6.45) is 4.09. The molecule has 126 valence electrons. The van der Waals surface area contributed by atoms with Crippen LogP contribution in [0.5, 0.6) is 11.5 Å². The second-order valence-electron chi connectivity index (χ2n) is 6.46. The van der Waals surface area contributed by atoms with E-state index in [0.717, 1.165) is 53.4 Å². The third-order valence-electron chi connectivity index (χ3n) is 4.84. The second-order valence-corrected chi connectivity index (χ2v) is 7.66. The zero-order chi connectivity index (χ0) is 16.7. The van der Waals surface area contributed by atoms with E-state index in [9.17, 15) is 4.79 Å². The van der Waals surface area contributed by atoms with Gasteiger partial charge in [0, 0.05) is 0 Å². The predicted octanol–water partition coefficient (Wildman–Crippen LogP) is 3.69. The Morgan fingerprint density at radius 2 is 1.96 bits per heavy atom. The summed E-state index contributed by atoms with van der Waals surface area (Å²) in [7, 11) is 0. The largest absolute Gasteiger partial charge is 0.454 e. The molecule has 0 unspecified atom stereocenters. The Balaban J connectivity index is 1.66. The van der Waals surface area contributed by atoms with Crippen molar-refractivity contribution in [2.75, 3.05) is 6.79 Å². The number of aryl methyl sites for hydroxylation is 2. The Hall–Kier alpha value is -2.08. The Morgan fingerprint density at radius 1 is 1.21 bits per heavy atom. The molecule has 1 aromatic heterocycles. The average molecular weight is 344 g/mol. The summed E-state index contributed by atoms with van der Waals surface area (Å²) in [5.41, 5.74) is 1.56. The summed E-state index contributed by atoms with van der Waals surface area (Å²) >= 11 is 1.45. The summed E-state index contributed by atoms with van der Waals surface area (Å²) in [5, 5.41) is 4.22. The van der Waals surface area contributed by atoms with Crippen molar-refractivity contribution >= 4 is 17.2 Å². The van der Waals surface area contributed by atoms with Crippen molar-refractivity contribution in [3.8, 4) is 11.5 Å². The van der Waals surface area contributed by atoms with E-state index in [0.29, 0.717) is 4.88 Å². The molecule has 5 nitrogen and oxygen atoms in total. The maximum absolute atomic E-state index is 12.9. The highest BCUT2D eigenvalue weighted by atomic mass is 32.1. The van der Waals surface area contributed by atoms with Crippen LogP contribution in [0.2, 0.25) is 0 Å². The van der Waals surface area contributed by atoms with Crippen LogP contribution < -0.4 is 14.8 Å². The lowest BCUT2D eigenvalue weighted by Gasteiger charge is -2.31. The number of carbonyl (C=O) groups is 1. The molecule has 24 heavy (non-hydrogen) atoms. The van der Waals surface area contributed by atoms with E-state index in [2.05, 4.69) is 10.3 Å². The Labute approximate surface area is 145 Å². The number of hydrogen-bond donors (Lipinski definition) is 1. The maximum Gasteiger partial charge on any atom is 0.263 e. The van der Waals surface area contributed by atoms with Crippen LogP contribution in [-0.2, 0) is 5.54 Å². The highest BCUT2D eigenvalue weighted by Crippen LogP contribution is 2.43. The minimum atomic E-state index is -0.331. The molecule has 1 fully saturated rings. The van der Waals surface area contributed by atoms with Gasteiger partial charge in [0.25, 0.3) is 5.91 Å². The smallest absolute Gasteiger partial charge is 0.263 e. The molecule has 1 amide bonds. The number of hydrogen-bond acceptors (Lipinski definition) is 5. The Morgan fingerprint density at radius 3 is 2.67 bits per heavy atom. The molecule has 0 radical (unpaired) electrons. The summed E-state index contributed by atoms with van der Waals surface area (Å²) in [4.78, 5) is 17.9. The molecule has 2 aliphatic rings. The summed E-state index contributed by atoms with van der Waals surface area (Å²) in [5.74, 6) is 1.50. The zero-order valence-corrected chi connectivity index (χ0v) is 14.7. The summed E-state index contributed by atoms with van der Waals surface area (Å²) < 4.78 is 10.9. The first-order chi connectivity index (χ1) is 11.6. The van der Waals surface area contributed by atoms with E-state index < -0.39 is 0 Å². The molecule has 6 heteroatoms. The number of nitrogens with zero attached hydrogens (tertiary/aromatic N) is 1. The SMILES string of the molecule is Cc1nc(C)c(C(=O)NC2(c3ccc4c(c3)OCO4)CCCC2)s1. The molecule has 0 atom stereocenters. The molecule has 0 saturated heterocycles. The van der Waals surface area contributed by atoms with Crippen molar-refractivity contribution in [1.29, 1.82) is 0 Å². The standard InChI is InChI=1S/C18H20N2O3S/c1-11-16(24-12(2)19-11)17(21)20-18(7-3-4-8-18)13-5-6-14-15(9-13)23-10-22-14/h5-6,9H,3-4,7-8,10H2,1-2H3,(H,20,21). The number of rotatable bonds is 3. The minimum Gasteiger partial charge on any atom is -0.454 e. The highest BCUT2D eigenvalue weighted by molar-refractivity contribution is 7.13. The average Bonchev–Trinajstić information content (AvgIpc) is 3.26. The number of nitrogens with one attached hydrogen (secondary N) is 1. The third kappa shape index (κ3) is 2.55. The van der Waals surface area contributed by atoms with Gasteiger partial charge >= 0.3 is 0 Å².